The topological polar surface area (TPSA) is 64.0 Å². The Labute approximate surface area is 144 Å². The van der Waals surface area contributed by atoms with Crippen LogP contribution in [0.4, 0.5) is 5.69 Å². The lowest BCUT2D eigenvalue weighted by atomic mass is 10.0. The highest BCUT2D eigenvalue weighted by molar-refractivity contribution is 7.92. The summed E-state index contributed by atoms with van der Waals surface area (Å²) in [5.74, 6) is 0.419. The van der Waals surface area contributed by atoms with Crippen LogP contribution in [-0.2, 0) is 10.0 Å². The van der Waals surface area contributed by atoms with Crippen molar-refractivity contribution in [1.82, 2.24) is 9.78 Å². The summed E-state index contributed by atoms with van der Waals surface area (Å²) in [6, 6.07) is 7.86. The molecule has 0 atom stereocenters. The molecule has 1 N–H and O–H groups in total. The third-order valence-corrected chi connectivity index (χ3v) is 6.17. The van der Waals surface area contributed by atoms with E-state index >= 15 is 0 Å². The number of nitrogens with zero attached hydrogens (tertiary/aromatic N) is 2. The number of anilines is 1. The van der Waals surface area contributed by atoms with Gasteiger partial charge in [-0.1, -0.05) is 38.8 Å². The van der Waals surface area contributed by atoms with Gasteiger partial charge >= 0.3 is 0 Å². The molecule has 2 aromatic rings. The van der Waals surface area contributed by atoms with Crippen molar-refractivity contribution in [1.29, 1.82) is 0 Å². The highest BCUT2D eigenvalue weighted by Gasteiger charge is 2.24. The molecule has 6 heteroatoms. The van der Waals surface area contributed by atoms with Crippen LogP contribution in [0.1, 0.15) is 62.7 Å². The molecule has 5 nitrogen and oxygen atoms in total. The van der Waals surface area contributed by atoms with Crippen LogP contribution in [0.25, 0.3) is 0 Å². The fraction of sp³-hybridized carbons (Fsp3) is 0.500. The second-order valence-electron chi connectivity index (χ2n) is 6.88. The molecule has 1 fully saturated rings. The maximum absolute atomic E-state index is 12.7. The van der Waals surface area contributed by atoms with E-state index in [0.717, 1.165) is 12.8 Å². The number of aryl methyl sites for hydroxylation is 1. The van der Waals surface area contributed by atoms with Crippen molar-refractivity contribution in [2.75, 3.05) is 4.72 Å². The number of rotatable bonds is 5. The van der Waals surface area contributed by atoms with Gasteiger partial charge in [-0.2, -0.15) is 5.10 Å². The van der Waals surface area contributed by atoms with E-state index in [2.05, 4.69) is 23.7 Å². The molecule has 1 aromatic carbocycles. The zero-order chi connectivity index (χ0) is 17.3. The van der Waals surface area contributed by atoms with Crippen molar-refractivity contribution >= 4 is 15.7 Å². The van der Waals surface area contributed by atoms with Gasteiger partial charge in [0, 0.05) is 11.9 Å². The van der Waals surface area contributed by atoms with Crippen molar-refractivity contribution in [3.63, 3.8) is 0 Å². The van der Waals surface area contributed by atoms with Crippen LogP contribution in [0.5, 0.6) is 0 Å². The zero-order valence-electron chi connectivity index (χ0n) is 14.5. The smallest absolute Gasteiger partial charge is 0.265 e. The van der Waals surface area contributed by atoms with Crippen LogP contribution in [0.2, 0.25) is 0 Å². The van der Waals surface area contributed by atoms with E-state index in [1.165, 1.54) is 18.4 Å². The van der Waals surface area contributed by atoms with E-state index in [0.29, 0.717) is 23.3 Å². The minimum Gasteiger partial charge on any atom is -0.280 e. The Morgan fingerprint density at radius 1 is 1.17 bits per heavy atom. The molecule has 0 bridgehead atoms. The van der Waals surface area contributed by atoms with Gasteiger partial charge in [0.15, 0.2) is 0 Å². The Morgan fingerprint density at radius 2 is 1.79 bits per heavy atom. The molecule has 0 spiro atoms. The summed E-state index contributed by atoms with van der Waals surface area (Å²) in [5.41, 5.74) is 2.31. The second-order valence-corrected chi connectivity index (χ2v) is 8.53. The lowest BCUT2D eigenvalue weighted by Crippen LogP contribution is -2.13. The lowest BCUT2D eigenvalue weighted by Gasteiger charge is -2.10. The van der Waals surface area contributed by atoms with Crippen molar-refractivity contribution in [3.05, 3.63) is 41.7 Å². The maximum atomic E-state index is 12.7. The summed E-state index contributed by atoms with van der Waals surface area (Å²) in [4.78, 5) is 0.266. The van der Waals surface area contributed by atoms with E-state index in [1.807, 2.05) is 28.9 Å². The molecule has 1 aliphatic carbocycles. The maximum Gasteiger partial charge on any atom is 0.265 e. The predicted octanol–water partition coefficient (Wildman–Crippen LogP) is 4.23. The fourth-order valence-electron chi connectivity index (χ4n) is 3.23. The first kappa shape index (κ1) is 17.0. The number of hydrogen-bond acceptors (Lipinski definition) is 3. The second kappa shape index (κ2) is 6.59. The summed E-state index contributed by atoms with van der Waals surface area (Å²) in [7, 11) is -3.62. The first-order chi connectivity index (χ1) is 11.4. The normalized spacial score (nSPS) is 16.0. The largest absolute Gasteiger partial charge is 0.280 e. The van der Waals surface area contributed by atoms with Crippen molar-refractivity contribution in [3.8, 4) is 0 Å². The van der Waals surface area contributed by atoms with Gasteiger partial charge in [-0.15, -0.1) is 0 Å². The molecule has 0 aliphatic heterocycles. The first-order valence-electron chi connectivity index (χ1n) is 8.55. The van der Waals surface area contributed by atoms with Crippen molar-refractivity contribution in [2.45, 2.75) is 63.3 Å². The average molecular weight is 347 g/mol. The Balaban J connectivity index is 1.82. The van der Waals surface area contributed by atoms with E-state index in [9.17, 15) is 8.42 Å². The highest BCUT2D eigenvalue weighted by Crippen LogP contribution is 2.30. The van der Waals surface area contributed by atoms with E-state index in [4.69, 9.17) is 0 Å². The molecule has 24 heavy (non-hydrogen) atoms. The molecule has 1 aliphatic rings. The fourth-order valence-corrected chi connectivity index (χ4v) is 4.46. The van der Waals surface area contributed by atoms with Crippen LogP contribution in [0.15, 0.2) is 35.4 Å². The van der Waals surface area contributed by atoms with Crippen LogP contribution in [-0.4, -0.2) is 18.2 Å². The third-order valence-electron chi connectivity index (χ3n) is 4.69. The number of aromatic nitrogens is 2. The molecular formula is C18H25N3O2S. The number of hydrogen-bond donors (Lipinski definition) is 1. The number of sulfonamides is 1. The Hall–Kier alpha value is -1.82. The lowest BCUT2D eigenvalue weighted by molar-refractivity contribution is 0.464. The zero-order valence-corrected chi connectivity index (χ0v) is 15.3. The van der Waals surface area contributed by atoms with Gasteiger partial charge < -0.3 is 0 Å². The average Bonchev–Trinajstić information content (AvgIpc) is 3.16. The Morgan fingerprint density at radius 3 is 2.38 bits per heavy atom. The van der Waals surface area contributed by atoms with Gasteiger partial charge in [0.25, 0.3) is 10.0 Å². The summed E-state index contributed by atoms with van der Waals surface area (Å²) in [5, 5.41) is 4.44. The molecule has 0 unspecified atom stereocenters. The predicted molar refractivity (Wildman–Crippen MR) is 95.8 cm³/mol. The Kier molecular flexibility index (Phi) is 4.67. The minimum atomic E-state index is -3.62. The van der Waals surface area contributed by atoms with Gasteiger partial charge in [-0.05, 0) is 43.4 Å². The van der Waals surface area contributed by atoms with E-state index < -0.39 is 10.0 Å². The summed E-state index contributed by atoms with van der Waals surface area (Å²) >= 11 is 0. The van der Waals surface area contributed by atoms with Crippen LogP contribution in [0.3, 0.4) is 0 Å². The van der Waals surface area contributed by atoms with Gasteiger partial charge in [-0.3, -0.25) is 9.40 Å². The minimum absolute atomic E-state index is 0.266. The van der Waals surface area contributed by atoms with Gasteiger partial charge in [0.2, 0.25) is 0 Å². The van der Waals surface area contributed by atoms with E-state index in [-0.39, 0.29) is 4.90 Å². The monoisotopic (exact) mass is 347 g/mol. The van der Waals surface area contributed by atoms with Crippen molar-refractivity contribution < 1.29 is 8.42 Å². The molecule has 130 valence electrons. The molecular weight excluding hydrogens is 322 g/mol. The molecule has 3 rings (SSSR count). The summed E-state index contributed by atoms with van der Waals surface area (Å²) in [6.07, 6.45) is 6.20. The highest BCUT2D eigenvalue weighted by atomic mass is 32.2. The standard InChI is InChI=1S/C18H25N3O2S/c1-13(2)15-8-10-16(11-9-15)20-24(22,23)18-12-21(19-14(18)3)17-6-4-5-7-17/h8-13,17,20H,4-7H2,1-3H3. The Bertz CT molecular complexity index is 801. The number of nitrogens with one attached hydrogen (secondary N) is 1. The van der Waals surface area contributed by atoms with Gasteiger partial charge in [0.1, 0.15) is 4.90 Å². The van der Waals surface area contributed by atoms with E-state index in [1.54, 1.807) is 13.1 Å². The first-order valence-corrected chi connectivity index (χ1v) is 10.0. The number of benzene rings is 1. The van der Waals surface area contributed by atoms with Crippen LogP contribution < -0.4 is 4.72 Å². The molecule has 1 heterocycles. The summed E-state index contributed by atoms with van der Waals surface area (Å²) < 4.78 is 29.9. The van der Waals surface area contributed by atoms with Crippen LogP contribution >= 0.6 is 0 Å². The molecule has 1 aromatic heterocycles. The van der Waals surface area contributed by atoms with Crippen LogP contribution in [0, 0.1) is 6.92 Å². The quantitative estimate of drug-likeness (QED) is 0.880. The molecule has 0 radical (unpaired) electrons. The van der Waals surface area contributed by atoms with Gasteiger partial charge in [-0.25, -0.2) is 8.42 Å². The van der Waals surface area contributed by atoms with Gasteiger partial charge in [0.05, 0.1) is 11.7 Å². The molecule has 1 saturated carbocycles. The van der Waals surface area contributed by atoms with Crippen molar-refractivity contribution in [2.24, 2.45) is 0 Å². The SMILES string of the molecule is Cc1nn(C2CCCC2)cc1S(=O)(=O)Nc1ccc(C(C)C)cc1. The molecule has 0 amide bonds. The third kappa shape index (κ3) is 3.48. The molecule has 0 saturated heterocycles. The summed E-state index contributed by atoms with van der Waals surface area (Å²) in [6.45, 7) is 5.97.